The van der Waals surface area contributed by atoms with E-state index in [0.29, 0.717) is 0 Å². The maximum atomic E-state index is 11.4. The molecule has 0 atom stereocenters. The number of aromatic nitrogens is 1. The van der Waals surface area contributed by atoms with E-state index in [0.717, 1.165) is 38.4 Å². The lowest BCUT2D eigenvalue weighted by Crippen LogP contribution is -2.47. The molecule has 1 aliphatic heterocycles. The molecule has 2 heterocycles. The highest BCUT2D eigenvalue weighted by atomic mass is 32.1. The number of benzene rings is 1. The number of hydrogen-bond donors (Lipinski definition) is 0. The van der Waals surface area contributed by atoms with Gasteiger partial charge in [-0.05, 0) is 32.4 Å². The van der Waals surface area contributed by atoms with Gasteiger partial charge in [-0.25, -0.2) is 4.98 Å². The summed E-state index contributed by atoms with van der Waals surface area (Å²) in [6, 6.07) is 6.55. The Labute approximate surface area is 148 Å². The van der Waals surface area contributed by atoms with Gasteiger partial charge in [-0.15, -0.1) is 11.3 Å². The summed E-state index contributed by atoms with van der Waals surface area (Å²) in [7, 11) is 0. The third-order valence-electron chi connectivity index (χ3n) is 4.67. The summed E-state index contributed by atoms with van der Waals surface area (Å²) in [5, 5.41) is 1.17. The van der Waals surface area contributed by atoms with E-state index in [1.54, 1.807) is 18.3 Å². The Balaban J connectivity index is 1.73. The highest BCUT2D eigenvalue weighted by Crippen LogP contribution is 2.31. The van der Waals surface area contributed by atoms with Crippen molar-refractivity contribution >= 4 is 17.2 Å². The van der Waals surface area contributed by atoms with Crippen molar-refractivity contribution in [1.29, 1.82) is 0 Å². The number of aryl methyl sites for hydroxylation is 3. The topological polar surface area (TPSA) is 36.4 Å². The lowest BCUT2D eigenvalue weighted by molar-refractivity contribution is -0.130. The molecule has 5 heteroatoms. The van der Waals surface area contributed by atoms with E-state index in [1.807, 2.05) is 4.90 Å². The lowest BCUT2D eigenvalue weighted by atomic mass is 10.0. The third kappa shape index (κ3) is 3.68. The van der Waals surface area contributed by atoms with Crippen LogP contribution >= 0.6 is 11.3 Å². The molecule has 1 amide bonds. The molecule has 0 N–H and O–H groups in total. The van der Waals surface area contributed by atoms with Gasteiger partial charge in [0.15, 0.2) is 0 Å². The van der Waals surface area contributed by atoms with E-state index in [4.69, 9.17) is 4.98 Å². The quantitative estimate of drug-likeness (QED) is 0.857. The zero-order chi connectivity index (χ0) is 17.3. The second-order valence-electron chi connectivity index (χ2n) is 6.61. The van der Waals surface area contributed by atoms with Gasteiger partial charge in [0, 0.05) is 43.5 Å². The van der Waals surface area contributed by atoms with Crippen molar-refractivity contribution in [3.8, 4) is 11.3 Å². The third-order valence-corrected chi connectivity index (χ3v) is 5.62. The minimum Gasteiger partial charge on any atom is -0.340 e. The van der Waals surface area contributed by atoms with Crippen molar-refractivity contribution in [2.45, 2.75) is 34.2 Å². The zero-order valence-electron chi connectivity index (χ0n) is 14.9. The highest BCUT2D eigenvalue weighted by molar-refractivity contribution is 7.12. The first kappa shape index (κ1) is 17.1. The normalized spacial score (nSPS) is 15.8. The Morgan fingerprint density at radius 3 is 2.54 bits per heavy atom. The van der Waals surface area contributed by atoms with Gasteiger partial charge in [-0.3, -0.25) is 9.69 Å². The number of carbonyl (C=O) groups excluding carboxylic acids is 1. The monoisotopic (exact) mass is 343 g/mol. The minimum atomic E-state index is 0.178. The van der Waals surface area contributed by atoms with Crippen molar-refractivity contribution in [3.63, 3.8) is 0 Å². The lowest BCUT2D eigenvalue weighted by Gasteiger charge is -2.33. The molecule has 3 rings (SSSR count). The summed E-state index contributed by atoms with van der Waals surface area (Å²) in [4.78, 5) is 21.9. The molecule has 1 aliphatic rings. The second-order valence-corrected chi connectivity index (χ2v) is 7.90. The molecule has 128 valence electrons. The van der Waals surface area contributed by atoms with Crippen LogP contribution in [-0.2, 0) is 11.3 Å². The average molecular weight is 343 g/mol. The number of carbonyl (C=O) groups is 1. The van der Waals surface area contributed by atoms with E-state index in [2.05, 4.69) is 43.9 Å². The molecule has 1 aromatic carbocycles. The Bertz CT molecular complexity index is 745. The molecule has 24 heavy (non-hydrogen) atoms. The van der Waals surface area contributed by atoms with Crippen molar-refractivity contribution in [1.82, 2.24) is 14.8 Å². The number of piperazine rings is 1. The highest BCUT2D eigenvalue weighted by Gasteiger charge is 2.20. The molecule has 1 saturated heterocycles. The largest absolute Gasteiger partial charge is 0.340 e. The van der Waals surface area contributed by atoms with Crippen molar-refractivity contribution in [2.24, 2.45) is 0 Å². The fourth-order valence-corrected chi connectivity index (χ4v) is 4.16. The van der Waals surface area contributed by atoms with Gasteiger partial charge >= 0.3 is 0 Å². The van der Waals surface area contributed by atoms with Crippen LogP contribution in [0.2, 0.25) is 0 Å². The standard InChI is InChI=1S/C19H25N3OS/c1-13-5-6-14(2)17(11-13)19-15(3)24-18(20-19)12-21-7-9-22(10-8-21)16(4)23/h5-6,11H,7-10,12H2,1-4H3. The summed E-state index contributed by atoms with van der Waals surface area (Å²) in [6.07, 6.45) is 0. The van der Waals surface area contributed by atoms with Gasteiger partial charge in [-0.2, -0.15) is 0 Å². The first-order valence-electron chi connectivity index (χ1n) is 8.46. The summed E-state index contributed by atoms with van der Waals surface area (Å²) < 4.78 is 0. The Hall–Kier alpha value is -1.72. The van der Waals surface area contributed by atoms with Crippen LogP contribution < -0.4 is 0 Å². The van der Waals surface area contributed by atoms with E-state index in [1.165, 1.54) is 26.6 Å². The van der Waals surface area contributed by atoms with E-state index in [-0.39, 0.29) is 5.91 Å². The van der Waals surface area contributed by atoms with Crippen molar-refractivity contribution in [2.75, 3.05) is 26.2 Å². The molecule has 0 unspecified atom stereocenters. The van der Waals surface area contributed by atoms with Crippen LogP contribution in [0, 0.1) is 20.8 Å². The first-order valence-corrected chi connectivity index (χ1v) is 9.27. The van der Waals surface area contributed by atoms with Crippen molar-refractivity contribution < 1.29 is 4.79 Å². The predicted molar refractivity (Wildman–Crippen MR) is 99.3 cm³/mol. The molecule has 0 bridgehead atoms. The summed E-state index contributed by atoms with van der Waals surface area (Å²) in [5.74, 6) is 0.178. The molecule has 1 aromatic heterocycles. The predicted octanol–water partition coefficient (Wildman–Crippen LogP) is 3.40. The maximum absolute atomic E-state index is 11.4. The van der Waals surface area contributed by atoms with Gasteiger partial charge in [0.2, 0.25) is 5.91 Å². The number of amides is 1. The van der Waals surface area contributed by atoms with Crippen LogP contribution in [0.1, 0.15) is 27.9 Å². The summed E-state index contributed by atoms with van der Waals surface area (Å²) >= 11 is 1.79. The van der Waals surface area contributed by atoms with Gasteiger partial charge in [0.05, 0.1) is 12.2 Å². The fraction of sp³-hybridized carbons (Fsp3) is 0.474. The van der Waals surface area contributed by atoms with Gasteiger partial charge in [-0.1, -0.05) is 17.7 Å². The number of rotatable bonds is 3. The Morgan fingerprint density at radius 1 is 1.17 bits per heavy atom. The van der Waals surface area contributed by atoms with Crippen molar-refractivity contribution in [3.05, 3.63) is 39.2 Å². The smallest absolute Gasteiger partial charge is 0.219 e. The van der Waals surface area contributed by atoms with Gasteiger partial charge in [0.1, 0.15) is 5.01 Å². The molecule has 0 radical (unpaired) electrons. The van der Waals surface area contributed by atoms with E-state index < -0.39 is 0 Å². The van der Waals surface area contributed by atoms with E-state index in [9.17, 15) is 4.79 Å². The van der Waals surface area contributed by atoms with Gasteiger partial charge in [0.25, 0.3) is 0 Å². The fourth-order valence-electron chi connectivity index (χ4n) is 3.17. The number of thiazole rings is 1. The minimum absolute atomic E-state index is 0.178. The molecule has 0 saturated carbocycles. The van der Waals surface area contributed by atoms with Crippen LogP contribution in [0.4, 0.5) is 0 Å². The van der Waals surface area contributed by atoms with Crippen LogP contribution in [0.3, 0.4) is 0 Å². The molecular weight excluding hydrogens is 318 g/mol. The number of nitrogens with zero attached hydrogens (tertiary/aromatic N) is 3. The summed E-state index contributed by atoms with van der Waals surface area (Å²) in [6.45, 7) is 12.5. The molecule has 2 aromatic rings. The first-order chi connectivity index (χ1) is 11.4. The molecule has 0 spiro atoms. The van der Waals surface area contributed by atoms with Crippen LogP contribution in [0.5, 0.6) is 0 Å². The molecule has 4 nitrogen and oxygen atoms in total. The zero-order valence-corrected chi connectivity index (χ0v) is 15.7. The van der Waals surface area contributed by atoms with Crippen LogP contribution in [0.15, 0.2) is 18.2 Å². The molecular formula is C19H25N3OS. The number of hydrogen-bond acceptors (Lipinski definition) is 4. The van der Waals surface area contributed by atoms with E-state index >= 15 is 0 Å². The molecule has 0 aliphatic carbocycles. The second kappa shape index (κ2) is 7.03. The van der Waals surface area contributed by atoms with Crippen LogP contribution in [0.25, 0.3) is 11.3 Å². The Kier molecular flexibility index (Phi) is 5.01. The Morgan fingerprint density at radius 2 is 1.88 bits per heavy atom. The molecule has 1 fully saturated rings. The maximum Gasteiger partial charge on any atom is 0.219 e. The van der Waals surface area contributed by atoms with Crippen LogP contribution in [-0.4, -0.2) is 46.9 Å². The van der Waals surface area contributed by atoms with Gasteiger partial charge < -0.3 is 4.90 Å². The summed E-state index contributed by atoms with van der Waals surface area (Å²) in [5.41, 5.74) is 4.91. The SMILES string of the molecule is CC(=O)N1CCN(Cc2nc(-c3cc(C)ccc3C)c(C)s2)CC1. The average Bonchev–Trinajstić information content (AvgIpc) is 2.90.